The lowest BCUT2D eigenvalue weighted by atomic mass is 10.2. The average Bonchev–Trinajstić information content (AvgIpc) is 2.78. The second-order valence-corrected chi connectivity index (χ2v) is 3.79. The maximum Gasteiger partial charge on any atom is 0.169 e. The van der Waals surface area contributed by atoms with E-state index in [1.807, 2.05) is 24.3 Å². The molecule has 2 rings (SSSR count). The van der Waals surface area contributed by atoms with Gasteiger partial charge in [0.1, 0.15) is 16.5 Å². The van der Waals surface area contributed by atoms with E-state index in [9.17, 15) is 4.79 Å². The van der Waals surface area contributed by atoms with Crippen LogP contribution in [0.25, 0.3) is 10.6 Å². The van der Waals surface area contributed by atoms with E-state index in [1.54, 1.807) is 12.5 Å². The summed E-state index contributed by atoms with van der Waals surface area (Å²) < 4.78 is 5.12. The first-order chi connectivity index (χ1) is 7.33. The Morgan fingerprint density at radius 3 is 3.00 bits per heavy atom. The highest BCUT2D eigenvalue weighted by atomic mass is 32.1. The van der Waals surface area contributed by atoms with Crippen LogP contribution in [0, 0.1) is 0 Å². The number of hydrogen-bond acceptors (Lipinski definition) is 4. The lowest BCUT2D eigenvalue weighted by Crippen LogP contribution is -1.84. The topological polar surface area (TPSA) is 39.2 Å². The standard InChI is InChI=1S/C11H9NO2S/c1-14-10-4-2-3-8(5-10)11-12-9(6-13)7-15-11/h2-7H,1H3. The van der Waals surface area contributed by atoms with E-state index in [0.29, 0.717) is 5.69 Å². The van der Waals surface area contributed by atoms with Crippen LogP contribution < -0.4 is 4.74 Å². The molecule has 0 aliphatic carbocycles. The number of aldehydes is 1. The smallest absolute Gasteiger partial charge is 0.169 e. The van der Waals surface area contributed by atoms with Crippen molar-refractivity contribution in [1.82, 2.24) is 4.98 Å². The predicted molar refractivity (Wildman–Crippen MR) is 59.5 cm³/mol. The third kappa shape index (κ3) is 2.05. The molecule has 0 amide bonds. The number of hydrogen-bond donors (Lipinski definition) is 0. The molecule has 0 aliphatic heterocycles. The van der Waals surface area contributed by atoms with E-state index in [2.05, 4.69) is 4.98 Å². The van der Waals surface area contributed by atoms with E-state index >= 15 is 0 Å². The van der Waals surface area contributed by atoms with E-state index < -0.39 is 0 Å². The zero-order valence-electron chi connectivity index (χ0n) is 8.14. The second kappa shape index (κ2) is 4.23. The van der Waals surface area contributed by atoms with Gasteiger partial charge in [-0.05, 0) is 12.1 Å². The molecule has 15 heavy (non-hydrogen) atoms. The summed E-state index contributed by atoms with van der Waals surface area (Å²) in [4.78, 5) is 14.7. The first kappa shape index (κ1) is 9.86. The Labute approximate surface area is 91.4 Å². The molecule has 3 nitrogen and oxygen atoms in total. The lowest BCUT2D eigenvalue weighted by Gasteiger charge is -2.00. The number of aromatic nitrogens is 1. The summed E-state index contributed by atoms with van der Waals surface area (Å²) >= 11 is 1.45. The first-order valence-corrected chi connectivity index (χ1v) is 5.26. The average molecular weight is 219 g/mol. The third-order valence-electron chi connectivity index (χ3n) is 1.96. The van der Waals surface area contributed by atoms with Crippen LogP contribution in [0.1, 0.15) is 10.5 Å². The number of nitrogens with zero attached hydrogens (tertiary/aromatic N) is 1. The van der Waals surface area contributed by atoms with Crippen molar-refractivity contribution in [3.63, 3.8) is 0 Å². The quantitative estimate of drug-likeness (QED) is 0.745. The van der Waals surface area contributed by atoms with Gasteiger partial charge in [-0.15, -0.1) is 11.3 Å². The van der Waals surface area contributed by atoms with Gasteiger partial charge >= 0.3 is 0 Å². The number of carbonyl (C=O) groups is 1. The number of thiazole rings is 1. The van der Waals surface area contributed by atoms with Gasteiger partial charge in [0, 0.05) is 10.9 Å². The van der Waals surface area contributed by atoms with Gasteiger partial charge in [-0.25, -0.2) is 4.98 Å². The van der Waals surface area contributed by atoms with Gasteiger partial charge in [-0.3, -0.25) is 4.79 Å². The minimum atomic E-state index is 0.470. The van der Waals surface area contributed by atoms with Crippen LogP contribution in [0.3, 0.4) is 0 Å². The summed E-state index contributed by atoms with van der Waals surface area (Å²) in [6.45, 7) is 0. The Kier molecular flexibility index (Phi) is 2.78. The van der Waals surface area contributed by atoms with Crippen LogP contribution in [0.15, 0.2) is 29.6 Å². The molecule has 0 saturated carbocycles. The molecule has 0 saturated heterocycles. The third-order valence-corrected chi connectivity index (χ3v) is 2.87. The van der Waals surface area contributed by atoms with Crippen LogP contribution in [-0.2, 0) is 0 Å². The fraction of sp³-hybridized carbons (Fsp3) is 0.0909. The van der Waals surface area contributed by atoms with Crippen molar-refractivity contribution in [1.29, 1.82) is 0 Å². The van der Waals surface area contributed by atoms with E-state index in [-0.39, 0.29) is 0 Å². The van der Waals surface area contributed by atoms with Crippen LogP contribution in [0.2, 0.25) is 0 Å². The Morgan fingerprint density at radius 1 is 1.47 bits per heavy atom. The molecule has 0 fully saturated rings. The molecule has 0 bridgehead atoms. The minimum absolute atomic E-state index is 0.470. The highest BCUT2D eigenvalue weighted by Gasteiger charge is 2.04. The van der Waals surface area contributed by atoms with Crippen molar-refractivity contribution in [2.75, 3.05) is 7.11 Å². The van der Waals surface area contributed by atoms with E-state index in [4.69, 9.17) is 4.74 Å². The van der Waals surface area contributed by atoms with Crippen molar-refractivity contribution in [2.45, 2.75) is 0 Å². The van der Waals surface area contributed by atoms with Crippen molar-refractivity contribution >= 4 is 17.6 Å². The van der Waals surface area contributed by atoms with Crippen molar-refractivity contribution in [2.24, 2.45) is 0 Å². The Bertz CT molecular complexity index is 479. The van der Waals surface area contributed by atoms with Gasteiger partial charge < -0.3 is 4.74 Å². The van der Waals surface area contributed by atoms with Gasteiger partial charge in [0.25, 0.3) is 0 Å². The number of methoxy groups -OCH3 is 1. The maximum absolute atomic E-state index is 10.5. The molecule has 0 atom stereocenters. The first-order valence-electron chi connectivity index (χ1n) is 4.38. The van der Waals surface area contributed by atoms with Gasteiger partial charge in [0.2, 0.25) is 0 Å². The summed E-state index contributed by atoms with van der Waals surface area (Å²) in [6.07, 6.45) is 0.750. The molecular weight excluding hydrogens is 210 g/mol. The molecule has 1 aromatic carbocycles. The second-order valence-electron chi connectivity index (χ2n) is 2.93. The normalized spacial score (nSPS) is 9.93. The van der Waals surface area contributed by atoms with Gasteiger partial charge in [0.15, 0.2) is 6.29 Å². The molecule has 4 heteroatoms. The van der Waals surface area contributed by atoms with Crippen LogP contribution in [-0.4, -0.2) is 18.4 Å². The minimum Gasteiger partial charge on any atom is -0.497 e. The van der Waals surface area contributed by atoms with Gasteiger partial charge in [-0.1, -0.05) is 12.1 Å². The Morgan fingerprint density at radius 2 is 2.33 bits per heavy atom. The molecule has 76 valence electrons. The number of ether oxygens (including phenoxy) is 1. The summed E-state index contributed by atoms with van der Waals surface area (Å²) in [5.41, 5.74) is 1.44. The number of carbonyl (C=O) groups excluding carboxylic acids is 1. The highest BCUT2D eigenvalue weighted by Crippen LogP contribution is 2.26. The molecule has 1 aromatic heterocycles. The van der Waals surface area contributed by atoms with Crippen molar-refractivity contribution in [3.8, 4) is 16.3 Å². The molecule has 0 radical (unpaired) electrons. The largest absolute Gasteiger partial charge is 0.497 e. The zero-order chi connectivity index (χ0) is 10.7. The summed E-state index contributed by atoms with van der Waals surface area (Å²) in [5, 5.41) is 2.57. The number of rotatable bonds is 3. The van der Waals surface area contributed by atoms with Crippen LogP contribution in [0.5, 0.6) is 5.75 Å². The Hall–Kier alpha value is -1.68. The maximum atomic E-state index is 10.5. The predicted octanol–water partition coefficient (Wildman–Crippen LogP) is 2.63. The summed E-state index contributed by atoms with van der Waals surface area (Å²) in [6, 6.07) is 7.61. The monoisotopic (exact) mass is 219 g/mol. The molecule has 1 heterocycles. The zero-order valence-corrected chi connectivity index (χ0v) is 8.95. The van der Waals surface area contributed by atoms with E-state index in [1.165, 1.54) is 11.3 Å². The van der Waals surface area contributed by atoms with Gasteiger partial charge in [-0.2, -0.15) is 0 Å². The van der Waals surface area contributed by atoms with Crippen LogP contribution in [0.4, 0.5) is 0 Å². The Balaban J connectivity index is 2.39. The molecule has 0 aliphatic rings. The number of benzene rings is 1. The molecule has 0 unspecified atom stereocenters. The fourth-order valence-electron chi connectivity index (χ4n) is 1.23. The van der Waals surface area contributed by atoms with Crippen LogP contribution >= 0.6 is 11.3 Å². The molecule has 2 aromatic rings. The van der Waals surface area contributed by atoms with Crippen molar-refractivity contribution in [3.05, 3.63) is 35.3 Å². The SMILES string of the molecule is COc1cccc(-c2nc(C=O)cs2)c1. The van der Waals surface area contributed by atoms with Crippen molar-refractivity contribution < 1.29 is 9.53 Å². The molecule has 0 spiro atoms. The van der Waals surface area contributed by atoms with E-state index in [0.717, 1.165) is 22.6 Å². The summed E-state index contributed by atoms with van der Waals surface area (Å²) in [5.74, 6) is 0.787. The fourth-order valence-corrected chi connectivity index (χ4v) is 1.99. The molecular formula is C11H9NO2S. The highest BCUT2D eigenvalue weighted by molar-refractivity contribution is 7.13. The van der Waals surface area contributed by atoms with Gasteiger partial charge in [0.05, 0.1) is 7.11 Å². The lowest BCUT2D eigenvalue weighted by molar-refractivity contribution is 0.111. The molecule has 0 N–H and O–H groups in total. The summed E-state index contributed by atoms with van der Waals surface area (Å²) in [7, 11) is 1.62.